The molecule has 1 aromatic carbocycles. The van der Waals surface area contributed by atoms with Gasteiger partial charge in [-0.15, -0.1) is 0 Å². The highest BCUT2D eigenvalue weighted by Gasteiger charge is 2.21. The number of nitrogens with zero attached hydrogens (tertiary/aromatic N) is 2. The van der Waals surface area contributed by atoms with Crippen LogP contribution >= 0.6 is 0 Å². The molecule has 1 aliphatic heterocycles. The van der Waals surface area contributed by atoms with Crippen molar-refractivity contribution in [2.24, 2.45) is 9.98 Å². The molecular formula is C15H17FN2O. The first-order valence-electron chi connectivity index (χ1n) is 6.30. The Labute approximate surface area is 112 Å². The molecule has 1 fully saturated rings. The average molecular weight is 260 g/mol. The van der Waals surface area contributed by atoms with Crippen molar-refractivity contribution in [1.29, 1.82) is 0 Å². The molecule has 0 aliphatic carbocycles. The van der Waals surface area contributed by atoms with Crippen molar-refractivity contribution in [3.05, 3.63) is 47.4 Å². The molecule has 0 atom stereocenters. The van der Waals surface area contributed by atoms with Gasteiger partial charge >= 0.3 is 0 Å². The van der Waals surface area contributed by atoms with E-state index in [2.05, 4.69) is 16.7 Å². The van der Waals surface area contributed by atoms with E-state index in [9.17, 15) is 4.39 Å². The second-order valence-electron chi connectivity index (χ2n) is 4.34. The number of ether oxygens (including phenoxy) is 1. The molecular weight excluding hydrogens is 243 g/mol. The van der Waals surface area contributed by atoms with E-state index in [1.165, 1.54) is 0 Å². The normalized spacial score (nSPS) is 17.2. The molecule has 1 aliphatic rings. The lowest BCUT2D eigenvalue weighted by Gasteiger charge is -2.26. The highest BCUT2D eigenvalue weighted by molar-refractivity contribution is 6.11. The number of rotatable bonds is 5. The van der Waals surface area contributed by atoms with Gasteiger partial charge in [-0.25, -0.2) is 4.39 Å². The number of hydrogen-bond donors (Lipinski definition) is 0. The van der Waals surface area contributed by atoms with Crippen LogP contribution in [-0.2, 0) is 4.74 Å². The predicted octanol–water partition coefficient (Wildman–Crippen LogP) is 3.12. The van der Waals surface area contributed by atoms with Gasteiger partial charge in [0.25, 0.3) is 0 Å². The van der Waals surface area contributed by atoms with E-state index in [0.717, 1.165) is 30.5 Å². The van der Waals surface area contributed by atoms with Crippen LogP contribution in [0.3, 0.4) is 0 Å². The Morgan fingerprint density at radius 3 is 2.89 bits per heavy atom. The van der Waals surface area contributed by atoms with Crippen LogP contribution in [0.1, 0.15) is 24.0 Å². The Morgan fingerprint density at radius 1 is 1.53 bits per heavy atom. The van der Waals surface area contributed by atoms with Crippen molar-refractivity contribution in [1.82, 2.24) is 0 Å². The Balaban J connectivity index is 2.34. The Morgan fingerprint density at radius 2 is 2.32 bits per heavy atom. The van der Waals surface area contributed by atoms with Crippen LogP contribution in [0, 0.1) is 0 Å². The van der Waals surface area contributed by atoms with Crippen LogP contribution < -0.4 is 0 Å². The van der Waals surface area contributed by atoms with Crippen LogP contribution in [-0.4, -0.2) is 32.2 Å². The first kappa shape index (κ1) is 13.6. The molecule has 1 aromatic rings. The quantitative estimate of drug-likeness (QED) is 0.749. The van der Waals surface area contributed by atoms with Crippen molar-refractivity contribution in [3.63, 3.8) is 0 Å². The van der Waals surface area contributed by atoms with Crippen LogP contribution in [0.25, 0.3) is 0 Å². The average Bonchev–Trinajstić information content (AvgIpc) is 2.34. The maximum absolute atomic E-state index is 13.9. The van der Waals surface area contributed by atoms with Crippen molar-refractivity contribution in [2.45, 2.75) is 12.8 Å². The minimum atomic E-state index is -0.459. The van der Waals surface area contributed by atoms with Gasteiger partial charge in [-0.05, 0) is 25.3 Å². The minimum Gasteiger partial charge on any atom is -0.380 e. The summed E-state index contributed by atoms with van der Waals surface area (Å²) in [6.07, 6.45) is 1.09. The summed E-state index contributed by atoms with van der Waals surface area (Å²) >= 11 is 0. The van der Waals surface area contributed by atoms with Crippen LogP contribution in [0.5, 0.6) is 0 Å². The summed E-state index contributed by atoms with van der Waals surface area (Å²) in [6, 6.07) is 7.78. The zero-order valence-corrected chi connectivity index (χ0v) is 11.0. The largest absolute Gasteiger partial charge is 0.380 e. The van der Waals surface area contributed by atoms with Gasteiger partial charge in [0.2, 0.25) is 0 Å². The van der Waals surface area contributed by atoms with E-state index in [1.807, 2.05) is 31.2 Å². The van der Waals surface area contributed by atoms with Crippen molar-refractivity contribution in [2.75, 3.05) is 19.8 Å². The smallest absolute Gasteiger partial charge is 0.167 e. The fourth-order valence-corrected chi connectivity index (χ4v) is 1.97. The number of benzene rings is 1. The maximum Gasteiger partial charge on any atom is 0.167 e. The Hall–Kier alpha value is -1.81. The summed E-state index contributed by atoms with van der Waals surface area (Å²) in [5.74, 6) is -0.0498. The van der Waals surface area contributed by atoms with Crippen molar-refractivity contribution in [3.8, 4) is 0 Å². The first-order valence-corrected chi connectivity index (χ1v) is 6.30. The third kappa shape index (κ3) is 3.15. The lowest BCUT2D eigenvalue weighted by Crippen LogP contribution is -2.25. The minimum absolute atomic E-state index is 0.331. The van der Waals surface area contributed by atoms with E-state index < -0.39 is 5.83 Å². The third-order valence-electron chi connectivity index (χ3n) is 3.02. The molecule has 19 heavy (non-hydrogen) atoms. The highest BCUT2D eigenvalue weighted by Crippen LogP contribution is 2.25. The predicted molar refractivity (Wildman–Crippen MR) is 75.8 cm³/mol. The molecule has 4 heteroatoms. The zero-order chi connectivity index (χ0) is 13.7. The Kier molecular flexibility index (Phi) is 4.58. The monoisotopic (exact) mass is 260 g/mol. The van der Waals surface area contributed by atoms with Gasteiger partial charge in [0.15, 0.2) is 5.83 Å². The molecule has 1 saturated heterocycles. The molecule has 2 rings (SSSR count). The summed E-state index contributed by atoms with van der Waals surface area (Å²) in [6.45, 7) is 7.12. The summed E-state index contributed by atoms with van der Waals surface area (Å²) < 4.78 is 19.1. The molecule has 0 saturated carbocycles. The lowest BCUT2D eigenvalue weighted by molar-refractivity contribution is 0.00842. The zero-order valence-electron chi connectivity index (χ0n) is 11.0. The lowest BCUT2D eigenvalue weighted by atomic mass is 9.94. The van der Waals surface area contributed by atoms with Crippen molar-refractivity contribution < 1.29 is 9.13 Å². The molecule has 0 aromatic heterocycles. The van der Waals surface area contributed by atoms with Crippen LogP contribution in [0.4, 0.5) is 4.39 Å². The molecule has 0 spiro atoms. The van der Waals surface area contributed by atoms with Gasteiger partial charge in [-0.2, -0.15) is 0 Å². The number of aliphatic imine (C=N–C) groups is 2. The summed E-state index contributed by atoms with van der Waals surface area (Å²) in [5, 5.41) is 0. The topological polar surface area (TPSA) is 34.0 Å². The van der Waals surface area contributed by atoms with Crippen molar-refractivity contribution >= 4 is 12.4 Å². The number of halogens is 1. The second kappa shape index (κ2) is 6.38. The third-order valence-corrected chi connectivity index (χ3v) is 3.02. The van der Waals surface area contributed by atoms with E-state index >= 15 is 0 Å². The Bertz CT molecular complexity index is 519. The molecule has 100 valence electrons. The van der Waals surface area contributed by atoms with Gasteiger partial charge < -0.3 is 4.74 Å². The van der Waals surface area contributed by atoms with Gasteiger partial charge in [0, 0.05) is 18.0 Å². The van der Waals surface area contributed by atoms with Gasteiger partial charge in [-0.3, -0.25) is 9.98 Å². The molecule has 3 nitrogen and oxygen atoms in total. The molecule has 0 amide bonds. The molecule has 0 radical (unpaired) electrons. The second-order valence-corrected chi connectivity index (χ2v) is 4.34. The molecule has 0 N–H and O–H groups in total. The van der Waals surface area contributed by atoms with E-state index in [-0.39, 0.29) is 0 Å². The van der Waals surface area contributed by atoms with E-state index in [0.29, 0.717) is 18.2 Å². The van der Waals surface area contributed by atoms with Crippen LogP contribution in [0.15, 0.2) is 46.3 Å². The first-order chi connectivity index (χ1) is 9.26. The summed E-state index contributed by atoms with van der Waals surface area (Å²) in [4.78, 5) is 7.67. The van der Waals surface area contributed by atoms with E-state index in [4.69, 9.17) is 4.74 Å². The molecule has 0 bridgehead atoms. The fourth-order valence-electron chi connectivity index (χ4n) is 1.97. The molecule has 0 unspecified atom stereocenters. The summed E-state index contributed by atoms with van der Waals surface area (Å²) in [5.41, 5.74) is 2.26. The summed E-state index contributed by atoms with van der Waals surface area (Å²) in [7, 11) is 0. The number of allylic oxidation sites excluding steroid dienone is 1. The maximum atomic E-state index is 13.9. The highest BCUT2D eigenvalue weighted by atomic mass is 19.1. The van der Waals surface area contributed by atoms with E-state index in [1.54, 1.807) is 0 Å². The van der Waals surface area contributed by atoms with Gasteiger partial charge in [-0.1, -0.05) is 18.2 Å². The SMILES string of the molecule is C=N/C=C(/F)C(=NCC)c1cccc(C2COC2)c1. The molecule has 1 heterocycles. The van der Waals surface area contributed by atoms with Gasteiger partial charge in [0.05, 0.1) is 19.4 Å². The standard InChI is InChI=1S/C15H17FN2O/c1-3-18-15(14(16)8-17-2)12-6-4-5-11(7-12)13-9-19-10-13/h4-8,13H,2-3,9-10H2,1H3/b14-8+,18-15?. The van der Waals surface area contributed by atoms with Gasteiger partial charge in [0.1, 0.15) is 5.71 Å². The van der Waals surface area contributed by atoms with Crippen LogP contribution in [0.2, 0.25) is 0 Å². The fraction of sp³-hybridized carbons (Fsp3) is 0.333. The number of hydrogen-bond acceptors (Lipinski definition) is 3.